The number of aromatic nitrogens is 1. The van der Waals surface area contributed by atoms with Crippen LogP contribution >= 0.6 is 11.6 Å². The van der Waals surface area contributed by atoms with E-state index in [1.807, 2.05) is 36.5 Å². The Kier molecular flexibility index (Phi) is 3.90. The standard InChI is InChI=1S/C19H17ClN2O/c20-16-6-4-14(5-7-16)11-22-12-17(22)13-23-19-3-1-2-15-10-21-9-8-18(15)19/h1-10,17H,11-13H2. The van der Waals surface area contributed by atoms with Crippen LogP contribution in [0.4, 0.5) is 0 Å². The van der Waals surface area contributed by atoms with Crippen molar-refractivity contribution >= 4 is 22.4 Å². The van der Waals surface area contributed by atoms with E-state index >= 15 is 0 Å². The molecule has 1 aliphatic rings. The van der Waals surface area contributed by atoms with Crippen molar-refractivity contribution in [2.75, 3.05) is 13.2 Å². The molecule has 0 amide bonds. The van der Waals surface area contributed by atoms with Crippen LogP contribution < -0.4 is 4.74 Å². The average Bonchev–Trinajstić information content (AvgIpc) is 3.33. The minimum Gasteiger partial charge on any atom is -0.491 e. The van der Waals surface area contributed by atoms with Crippen LogP contribution in [0.2, 0.25) is 5.02 Å². The van der Waals surface area contributed by atoms with Crippen molar-refractivity contribution in [1.82, 2.24) is 9.88 Å². The second kappa shape index (κ2) is 6.19. The molecule has 0 N–H and O–H groups in total. The Morgan fingerprint density at radius 2 is 2.00 bits per heavy atom. The Labute approximate surface area is 140 Å². The van der Waals surface area contributed by atoms with E-state index in [4.69, 9.17) is 16.3 Å². The predicted molar refractivity (Wildman–Crippen MR) is 92.9 cm³/mol. The van der Waals surface area contributed by atoms with Gasteiger partial charge >= 0.3 is 0 Å². The summed E-state index contributed by atoms with van der Waals surface area (Å²) in [4.78, 5) is 6.55. The average molecular weight is 325 g/mol. The van der Waals surface area contributed by atoms with E-state index in [9.17, 15) is 0 Å². The second-order valence-electron chi connectivity index (χ2n) is 5.87. The van der Waals surface area contributed by atoms with Gasteiger partial charge in [-0.3, -0.25) is 9.88 Å². The lowest BCUT2D eigenvalue weighted by molar-refractivity contribution is 0.296. The maximum absolute atomic E-state index is 6.04. The predicted octanol–water partition coefficient (Wildman–Crippen LogP) is 4.15. The van der Waals surface area contributed by atoms with Crippen molar-refractivity contribution in [2.45, 2.75) is 12.6 Å². The van der Waals surface area contributed by atoms with Crippen LogP contribution in [0.5, 0.6) is 5.75 Å². The number of rotatable bonds is 5. The summed E-state index contributed by atoms with van der Waals surface area (Å²) < 4.78 is 6.04. The van der Waals surface area contributed by atoms with E-state index in [0.717, 1.165) is 41.2 Å². The van der Waals surface area contributed by atoms with Crippen LogP contribution in [0.1, 0.15) is 5.56 Å². The zero-order valence-electron chi connectivity index (χ0n) is 12.7. The topological polar surface area (TPSA) is 25.1 Å². The van der Waals surface area contributed by atoms with Crippen molar-refractivity contribution in [2.24, 2.45) is 0 Å². The van der Waals surface area contributed by atoms with Gasteiger partial charge in [-0.25, -0.2) is 0 Å². The number of fused-ring (bicyclic) bond motifs is 1. The molecular weight excluding hydrogens is 308 g/mol. The van der Waals surface area contributed by atoms with Crippen LogP contribution in [-0.4, -0.2) is 29.1 Å². The maximum Gasteiger partial charge on any atom is 0.127 e. The van der Waals surface area contributed by atoms with Crippen LogP contribution in [0.3, 0.4) is 0 Å². The first kappa shape index (κ1) is 14.5. The molecule has 3 aromatic rings. The minimum absolute atomic E-state index is 0.489. The Balaban J connectivity index is 1.36. The highest BCUT2D eigenvalue weighted by Crippen LogP contribution is 2.27. The van der Waals surface area contributed by atoms with Crippen molar-refractivity contribution in [1.29, 1.82) is 0 Å². The maximum atomic E-state index is 6.04. The fourth-order valence-corrected chi connectivity index (χ4v) is 2.93. The van der Waals surface area contributed by atoms with Crippen LogP contribution in [0.15, 0.2) is 60.9 Å². The Morgan fingerprint density at radius 1 is 1.13 bits per heavy atom. The van der Waals surface area contributed by atoms with Crippen LogP contribution in [0, 0.1) is 0 Å². The monoisotopic (exact) mass is 324 g/mol. The molecule has 4 rings (SSSR count). The van der Waals surface area contributed by atoms with E-state index in [0.29, 0.717) is 6.04 Å². The van der Waals surface area contributed by atoms with Gasteiger partial charge in [0.25, 0.3) is 0 Å². The molecule has 2 unspecified atom stereocenters. The van der Waals surface area contributed by atoms with Crippen molar-refractivity contribution in [3.05, 3.63) is 71.5 Å². The summed E-state index contributed by atoms with van der Waals surface area (Å²) in [5.41, 5.74) is 1.29. The molecule has 0 saturated carbocycles. The molecule has 1 aliphatic heterocycles. The lowest BCUT2D eigenvalue weighted by atomic mass is 10.1. The normalized spacial score (nSPS) is 19.7. The molecule has 1 fully saturated rings. The molecule has 0 aliphatic carbocycles. The summed E-state index contributed by atoms with van der Waals surface area (Å²) in [7, 11) is 0. The highest BCUT2D eigenvalue weighted by Gasteiger charge is 2.34. The molecule has 2 heterocycles. The summed E-state index contributed by atoms with van der Waals surface area (Å²) in [6.07, 6.45) is 3.67. The van der Waals surface area contributed by atoms with Gasteiger partial charge in [-0.15, -0.1) is 0 Å². The van der Waals surface area contributed by atoms with E-state index in [-0.39, 0.29) is 0 Å². The van der Waals surface area contributed by atoms with Gasteiger partial charge < -0.3 is 4.74 Å². The summed E-state index contributed by atoms with van der Waals surface area (Å²) >= 11 is 5.92. The SMILES string of the molecule is Clc1ccc(CN2CC2COc2cccc3cnccc23)cc1. The third kappa shape index (κ3) is 3.31. The van der Waals surface area contributed by atoms with Gasteiger partial charge in [-0.05, 0) is 29.8 Å². The van der Waals surface area contributed by atoms with E-state index in [1.165, 1.54) is 5.56 Å². The zero-order chi connectivity index (χ0) is 15.6. The van der Waals surface area contributed by atoms with Gasteiger partial charge in [-0.1, -0.05) is 35.9 Å². The Hall–Kier alpha value is -2.10. The van der Waals surface area contributed by atoms with Gasteiger partial charge in [0, 0.05) is 41.3 Å². The molecule has 0 spiro atoms. The van der Waals surface area contributed by atoms with Crippen molar-refractivity contribution in [3.8, 4) is 5.75 Å². The second-order valence-corrected chi connectivity index (χ2v) is 6.31. The molecule has 116 valence electrons. The van der Waals surface area contributed by atoms with Crippen LogP contribution in [-0.2, 0) is 6.54 Å². The number of hydrogen-bond donors (Lipinski definition) is 0. The van der Waals surface area contributed by atoms with Gasteiger partial charge in [-0.2, -0.15) is 0 Å². The minimum atomic E-state index is 0.489. The molecule has 2 aromatic carbocycles. The molecule has 23 heavy (non-hydrogen) atoms. The molecule has 3 nitrogen and oxygen atoms in total. The van der Waals surface area contributed by atoms with E-state index < -0.39 is 0 Å². The summed E-state index contributed by atoms with van der Waals surface area (Å²) in [5, 5.41) is 3.01. The molecule has 0 bridgehead atoms. The number of hydrogen-bond acceptors (Lipinski definition) is 3. The lowest BCUT2D eigenvalue weighted by Crippen LogP contribution is -2.11. The van der Waals surface area contributed by atoms with Gasteiger partial charge in [0.15, 0.2) is 0 Å². The molecule has 1 aromatic heterocycles. The summed E-state index contributed by atoms with van der Waals surface area (Å²) in [5.74, 6) is 0.934. The largest absolute Gasteiger partial charge is 0.491 e. The molecule has 0 radical (unpaired) electrons. The number of ether oxygens (including phenoxy) is 1. The third-order valence-corrected chi connectivity index (χ3v) is 4.45. The fraction of sp³-hybridized carbons (Fsp3) is 0.211. The molecule has 1 saturated heterocycles. The van der Waals surface area contributed by atoms with Crippen molar-refractivity contribution < 1.29 is 4.74 Å². The summed E-state index contributed by atoms with van der Waals surface area (Å²) in [6, 6.07) is 16.6. The quantitative estimate of drug-likeness (QED) is 0.659. The summed E-state index contributed by atoms with van der Waals surface area (Å²) in [6.45, 7) is 2.74. The van der Waals surface area contributed by atoms with Gasteiger partial charge in [0.1, 0.15) is 12.4 Å². The molecule has 4 heteroatoms. The fourth-order valence-electron chi connectivity index (χ4n) is 2.80. The first-order valence-corrected chi connectivity index (χ1v) is 8.11. The van der Waals surface area contributed by atoms with Gasteiger partial charge in [0.2, 0.25) is 0 Å². The van der Waals surface area contributed by atoms with E-state index in [2.05, 4.69) is 28.1 Å². The number of nitrogens with zero attached hydrogens (tertiary/aromatic N) is 2. The lowest BCUT2D eigenvalue weighted by Gasteiger charge is -2.09. The number of benzene rings is 2. The first-order chi connectivity index (χ1) is 11.3. The highest BCUT2D eigenvalue weighted by atomic mass is 35.5. The molecular formula is C19H17ClN2O. The number of halogens is 1. The van der Waals surface area contributed by atoms with Crippen molar-refractivity contribution in [3.63, 3.8) is 0 Å². The Bertz CT molecular complexity index is 814. The first-order valence-electron chi connectivity index (χ1n) is 7.73. The third-order valence-electron chi connectivity index (χ3n) is 4.20. The highest BCUT2D eigenvalue weighted by molar-refractivity contribution is 6.30. The van der Waals surface area contributed by atoms with Gasteiger partial charge in [0.05, 0.1) is 6.04 Å². The smallest absolute Gasteiger partial charge is 0.127 e. The van der Waals surface area contributed by atoms with E-state index in [1.54, 1.807) is 6.20 Å². The van der Waals surface area contributed by atoms with Crippen LogP contribution in [0.25, 0.3) is 10.8 Å². The zero-order valence-corrected chi connectivity index (χ0v) is 13.4. The molecule has 2 atom stereocenters. The number of pyridine rings is 1. The Morgan fingerprint density at radius 3 is 2.87 bits per heavy atom.